The van der Waals surface area contributed by atoms with Gasteiger partial charge in [0, 0.05) is 25.3 Å². The van der Waals surface area contributed by atoms with E-state index in [4.69, 9.17) is 9.05 Å². The van der Waals surface area contributed by atoms with E-state index in [0.29, 0.717) is 0 Å². The van der Waals surface area contributed by atoms with Crippen molar-refractivity contribution in [1.29, 1.82) is 0 Å². The van der Waals surface area contributed by atoms with E-state index in [1.807, 2.05) is 53.7 Å². The second kappa shape index (κ2) is 8.14. The molecule has 1 rings (SSSR count). The molecule has 0 aliphatic rings. The Morgan fingerprint density at radius 1 is 0.929 bits per heavy atom. The summed E-state index contributed by atoms with van der Waals surface area (Å²) in [4.78, 5) is 12.8. The molecule has 0 radical (unpaired) electrons. The van der Waals surface area contributed by atoms with Crippen molar-refractivity contribution in [3.8, 4) is 5.75 Å². The van der Waals surface area contributed by atoms with Crippen molar-refractivity contribution in [2.24, 2.45) is 0 Å². The molecule has 0 fully saturated rings. The van der Waals surface area contributed by atoms with Crippen molar-refractivity contribution in [2.45, 2.75) is 71.4 Å². The van der Waals surface area contributed by atoms with Crippen LogP contribution in [-0.2, 0) is 29.2 Å². The minimum Gasteiger partial charge on any atom is -0.507 e. The Bertz CT molecular complexity index is 764. The van der Waals surface area contributed by atoms with Crippen LogP contribution in [0.5, 0.6) is 5.75 Å². The molecule has 1 aromatic rings. The van der Waals surface area contributed by atoms with E-state index < -0.39 is 12.8 Å². The molecule has 0 amide bonds. The first-order valence-corrected chi connectivity index (χ1v) is 10.9. The number of rotatable bonds is 6. The van der Waals surface area contributed by atoms with Gasteiger partial charge in [0.25, 0.3) is 0 Å². The van der Waals surface area contributed by atoms with Crippen molar-refractivity contribution >= 4 is 19.5 Å². The minimum atomic E-state index is -3.58. The topological polar surface area (TPSA) is 72.8 Å². The third-order valence-electron chi connectivity index (χ3n) is 4.94. The van der Waals surface area contributed by atoms with Crippen LogP contribution in [-0.4, -0.2) is 30.3 Å². The number of hydrogen-bond acceptors (Lipinski definition) is 5. The molecule has 0 saturated carbocycles. The van der Waals surface area contributed by atoms with E-state index in [0.717, 1.165) is 16.7 Å². The van der Waals surface area contributed by atoms with Gasteiger partial charge in [0.1, 0.15) is 10.9 Å². The SMILES string of the molecule is COP(=O)(OC)C(C)(C)C(=O)C=Cc1cc(C(C)(C)C)c(O)c(C(C)(C)C)c1. The van der Waals surface area contributed by atoms with Crippen LogP contribution in [0, 0.1) is 0 Å². The molecule has 28 heavy (non-hydrogen) atoms. The maximum absolute atomic E-state index is 12.8. The van der Waals surface area contributed by atoms with Crippen molar-refractivity contribution in [3.05, 3.63) is 34.9 Å². The van der Waals surface area contributed by atoms with Crippen molar-refractivity contribution in [2.75, 3.05) is 14.2 Å². The molecular weight excluding hydrogens is 375 g/mol. The number of phenolic OH excluding ortho intramolecular Hbond substituents is 1. The summed E-state index contributed by atoms with van der Waals surface area (Å²) in [6, 6.07) is 3.77. The predicted octanol–water partition coefficient (Wildman–Crippen LogP) is 5.83. The lowest BCUT2D eigenvalue weighted by Crippen LogP contribution is -2.31. The maximum atomic E-state index is 12.8. The fourth-order valence-corrected chi connectivity index (χ4v) is 4.34. The Kier molecular flexibility index (Phi) is 7.15. The second-order valence-corrected chi connectivity index (χ2v) is 12.4. The second-order valence-electron chi connectivity index (χ2n) is 9.58. The summed E-state index contributed by atoms with van der Waals surface area (Å²) in [7, 11) is -1.04. The van der Waals surface area contributed by atoms with E-state index >= 15 is 0 Å². The lowest BCUT2D eigenvalue weighted by Gasteiger charge is -2.29. The number of ketones is 1. The Hall–Kier alpha value is -1.42. The third kappa shape index (κ3) is 4.94. The molecule has 158 valence electrons. The number of carbonyl (C=O) groups excluding carboxylic acids is 1. The summed E-state index contributed by atoms with van der Waals surface area (Å²) in [5.41, 5.74) is 1.89. The lowest BCUT2D eigenvalue weighted by molar-refractivity contribution is -0.116. The van der Waals surface area contributed by atoms with Gasteiger partial charge < -0.3 is 14.2 Å². The summed E-state index contributed by atoms with van der Waals surface area (Å²) < 4.78 is 22.7. The number of aromatic hydroxyl groups is 1. The highest BCUT2D eigenvalue weighted by Gasteiger charge is 2.47. The average Bonchev–Trinajstić information content (AvgIpc) is 2.57. The van der Waals surface area contributed by atoms with Gasteiger partial charge >= 0.3 is 7.60 Å². The fraction of sp³-hybridized carbons (Fsp3) is 0.591. The highest BCUT2D eigenvalue weighted by atomic mass is 31.2. The Balaban J connectivity index is 3.46. The van der Waals surface area contributed by atoms with E-state index in [9.17, 15) is 14.5 Å². The molecule has 0 spiro atoms. The summed E-state index contributed by atoms with van der Waals surface area (Å²) in [5.74, 6) is -0.0747. The molecule has 0 bridgehead atoms. The van der Waals surface area contributed by atoms with Crippen LogP contribution >= 0.6 is 7.60 Å². The standard InChI is InChI=1S/C22H35O5P/c1-20(2,3)16-13-15(14-17(19(16)24)21(4,5)6)11-12-18(23)22(7,8)28(25,26-9)27-10/h11-14,24H,1-10H3. The average molecular weight is 410 g/mol. The van der Waals surface area contributed by atoms with Crippen LogP contribution in [0.4, 0.5) is 0 Å². The van der Waals surface area contributed by atoms with Crippen LogP contribution in [0.2, 0.25) is 0 Å². The van der Waals surface area contributed by atoms with Gasteiger partial charge in [0.2, 0.25) is 0 Å². The third-order valence-corrected chi connectivity index (χ3v) is 7.49. The smallest absolute Gasteiger partial charge is 0.343 e. The zero-order chi connectivity index (χ0) is 22.1. The monoisotopic (exact) mass is 410 g/mol. The fourth-order valence-electron chi connectivity index (χ4n) is 2.94. The number of allylic oxidation sites excluding steroid dienone is 1. The molecule has 0 aliphatic carbocycles. The number of benzene rings is 1. The quantitative estimate of drug-likeness (QED) is 0.471. The van der Waals surface area contributed by atoms with Crippen molar-refractivity contribution in [1.82, 2.24) is 0 Å². The molecule has 0 aromatic heterocycles. The zero-order valence-corrected chi connectivity index (χ0v) is 19.7. The van der Waals surface area contributed by atoms with Crippen molar-refractivity contribution in [3.63, 3.8) is 0 Å². The highest BCUT2D eigenvalue weighted by molar-refractivity contribution is 7.56. The molecule has 1 aromatic carbocycles. The minimum absolute atomic E-state index is 0.265. The van der Waals surface area contributed by atoms with E-state index in [2.05, 4.69) is 0 Å². The summed E-state index contributed by atoms with van der Waals surface area (Å²) in [5, 5.41) is 9.48. The molecule has 1 N–H and O–H groups in total. The number of carbonyl (C=O) groups is 1. The highest BCUT2D eigenvalue weighted by Crippen LogP contribution is 2.59. The Morgan fingerprint density at radius 2 is 1.32 bits per heavy atom. The van der Waals surface area contributed by atoms with Crippen LogP contribution in [0.1, 0.15) is 72.1 Å². The van der Waals surface area contributed by atoms with E-state index in [1.54, 1.807) is 19.9 Å². The summed E-state index contributed by atoms with van der Waals surface area (Å²) in [6.45, 7) is 15.3. The Morgan fingerprint density at radius 3 is 1.64 bits per heavy atom. The first-order chi connectivity index (χ1) is 12.5. The van der Waals surface area contributed by atoms with Gasteiger partial charge in [0.05, 0.1) is 0 Å². The van der Waals surface area contributed by atoms with Crippen LogP contribution in [0.3, 0.4) is 0 Å². The van der Waals surface area contributed by atoms with Crippen LogP contribution < -0.4 is 0 Å². The first-order valence-electron chi connectivity index (χ1n) is 9.33. The summed E-state index contributed by atoms with van der Waals surface area (Å²) in [6.07, 6.45) is 3.08. The first kappa shape index (κ1) is 24.6. The molecule has 0 unspecified atom stereocenters. The molecule has 0 atom stereocenters. The molecule has 0 heterocycles. The Labute approximate surface area is 169 Å². The predicted molar refractivity (Wildman–Crippen MR) is 115 cm³/mol. The van der Waals surface area contributed by atoms with Gasteiger partial charge in [-0.25, -0.2) is 0 Å². The van der Waals surface area contributed by atoms with Gasteiger partial charge in [-0.05, 0) is 48.4 Å². The summed E-state index contributed by atoms with van der Waals surface area (Å²) >= 11 is 0. The molecule has 0 aliphatic heterocycles. The van der Waals surface area contributed by atoms with Gasteiger partial charge in [0.15, 0.2) is 5.78 Å². The van der Waals surface area contributed by atoms with Gasteiger partial charge in [-0.2, -0.15) is 0 Å². The van der Waals surface area contributed by atoms with Gasteiger partial charge in [-0.15, -0.1) is 0 Å². The number of hydrogen-bond donors (Lipinski definition) is 1. The molecular formula is C22H35O5P. The largest absolute Gasteiger partial charge is 0.507 e. The van der Waals surface area contributed by atoms with Crippen LogP contribution in [0.15, 0.2) is 18.2 Å². The maximum Gasteiger partial charge on any atom is 0.343 e. The molecule has 5 nitrogen and oxygen atoms in total. The normalized spacial score (nSPS) is 13.9. The van der Waals surface area contributed by atoms with E-state index in [1.165, 1.54) is 20.3 Å². The lowest BCUT2D eigenvalue weighted by atomic mass is 9.78. The molecule has 6 heteroatoms. The van der Waals surface area contributed by atoms with Crippen LogP contribution in [0.25, 0.3) is 6.08 Å². The zero-order valence-electron chi connectivity index (χ0n) is 18.8. The number of phenols is 1. The van der Waals surface area contributed by atoms with Gasteiger partial charge in [-0.3, -0.25) is 9.36 Å². The van der Waals surface area contributed by atoms with E-state index in [-0.39, 0.29) is 22.4 Å². The van der Waals surface area contributed by atoms with Crippen molar-refractivity contribution < 1.29 is 23.5 Å². The van der Waals surface area contributed by atoms with Gasteiger partial charge in [-0.1, -0.05) is 47.6 Å². The molecule has 0 saturated heterocycles.